The summed E-state index contributed by atoms with van der Waals surface area (Å²) in [5.41, 5.74) is 7.24. The van der Waals surface area contributed by atoms with Crippen LogP contribution < -0.4 is 11.1 Å². The third-order valence-electron chi connectivity index (χ3n) is 2.47. The summed E-state index contributed by atoms with van der Waals surface area (Å²) in [5.74, 6) is -0.0856. The molecule has 0 aliphatic heterocycles. The van der Waals surface area contributed by atoms with E-state index in [-0.39, 0.29) is 11.9 Å². The lowest BCUT2D eigenvalue weighted by Crippen LogP contribution is -2.24. The topological polar surface area (TPSA) is 72.9 Å². The summed E-state index contributed by atoms with van der Waals surface area (Å²) in [6.45, 7) is 1.81. The van der Waals surface area contributed by atoms with E-state index < -0.39 is 0 Å². The Balaban J connectivity index is 2.21. The van der Waals surface area contributed by atoms with E-state index in [9.17, 15) is 4.79 Å². The first-order valence-corrected chi connectivity index (χ1v) is 5.79. The van der Waals surface area contributed by atoms with Crippen molar-refractivity contribution in [1.82, 2.24) is 9.55 Å². The number of carbonyl (C=O) groups is 1. The molecule has 5 nitrogen and oxygen atoms in total. The molecule has 2 rings (SSSR count). The van der Waals surface area contributed by atoms with E-state index in [1.165, 1.54) is 0 Å². The van der Waals surface area contributed by atoms with Crippen molar-refractivity contribution >= 4 is 11.6 Å². The van der Waals surface area contributed by atoms with Crippen LogP contribution >= 0.6 is 0 Å². The molecule has 1 amide bonds. The molecule has 1 unspecified atom stereocenters. The van der Waals surface area contributed by atoms with Crippen LogP contribution in [0.4, 0.5) is 5.69 Å². The standard InChI is InChI=1S/C13H16N4O/c1-10(14)8-13(18)16-11-4-2-3-5-12(11)17-7-6-15-9-17/h2-7,9-10H,8,14H2,1H3,(H,16,18). The van der Waals surface area contributed by atoms with Crippen LogP contribution in [0.15, 0.2) is 43.0 Å². The molecular weight excluding hydrogens is 228 g/mol. The van der Waals surface area contributed by atoms with Gasteiger partial charge in [0, 0.05) is 24.9 Å². The molecule has 18 heavy (non-hydrogen) atoms. The van der Waals surface area contributed by atoms with E-state index in [4.69, 9.17) is 5.73 Å². The lowest BCUT2D eigenvalue weighted by Gasteiger charge is -2.12. The minimum atomic E-state index is -0.148. The minimum Gasteiger partial charge on any atom is -0.327 e. The van der Waals surface area contributed by atoms with Gasteiger partial charge in [0.2, 0.25) is 5.91 Å². The number of benzene rings is 1. The van der Waals surface area contributed by atoms with Crippen LogP contribution in [0.3, 0.4) is 0 Å². The molecule has 0 aliphatic rings. The van der Waals surface area contributed by atoms with Crippen LogP contribution in [0, 0.1) is 0 Å². The first-order chi connectivity index (χ1) is 8.66. The van der Waals surface area contributed by atoms with Gasteiger partial charge in [-0.2, -0.15) is 0 Å². The Labute approximate surface area is 106 Å². The third-order valence-corrected chi connectivity index (χ3v) is 2.47. The average molecular weight is 244 g/mol. The smallest absolute Gasteiger partial charge is 0.225 e. The van der Waals surface area contributed by atoms with Gasteiger partial charge >= 0.3 is 0 Å². The van der Waals surface area contributed by atoms with Gasteiger partial charge in [0.1, 0.15) is 0 Å². The highest BCUT2D eigenvalue weighted by molar-refractivity contribution is 5.93. The number of rotatable bonds is 4. The van der Waals surface area contributed by atoms with E-state index in [1.54, 1.807) is 19.4 Å². The lowest BCUT2D eigenvalue weighted by molar-refractivity contribution is -0.116. The monoisotopic (exact) mass is 244 g/mol. The van der Waals surface area contributed by atoms with Crippen molar-refractivity contribution in [2.24, 2.45) is 5.73 Å². The second-order valence-electron chi connectivity index (χ2n) is 4.22. The predicted molar refractivity (Wildman–Crippen MR) is 70.5 cm³/mol. The molecule has 1 heterocycles. The van der Waals surface area contributed by atoms with Gasteiger partial charge in [-0.25, -0.2) is 4.98 Å². The van der Waals surface area contributed by atoms with Gasteiger partial charge in [-0.15, -0.1) is 0 Å². The molecule has 0 aliphatic carbocycles. The highest BCUT2D eigenvalue weighted by Gasteiger charge is 2.09. The maximum absolute atomic E-state index is 11.7. The molecule has 0 spiro atoms. The highest BCUT2D eigenvalue weighted by atomic mass is 16.1. The van der Waals surface area contributed by atoms with Crippen LogP contribution in [-0.4, -0.2) is 21.5 Å². The summed E-state index contributed by atoms with van der Waals surface area (Å²) in [5, 5.41) is 2.86. The molecule has 1 aromatic carbocycles. The molecule has 0 radical (unpaired) electrons. The van der Waals surface area contributed by atoms with Gasteiger partial charge in [-0.3, -0.25) is 4.79 Å². The van der Waals surface area contributed by atoms with Gasteiger partial charge < -0.3 is 15.6 Å². The number of hydrogen-bond donors (Lipinski definition) is 2. The minimum absolute atomic E-state index is 0.0856. The second-order valence-corrected chi connectivity index (χ2v) is 4.22. The van der Waals surface area contributed by atoms with E-state index in [2.05, 4.69) is 10.3 Å². The molecule has 0 saturated heterocycles. The zero-order valence-electron chi connectivity index (χ0n) is 10.2. The first kappa shape index (κ1) is 12.3. The maximum Gasteiger partial charge on any atom is 0.225 e. The first-order valence-electron chi connectivity index (χ1n) is 5.79. The Morgan fingerprint density at radius 1 is 1.50 bits per heavy atom. The largest absolute Gasteiger partial charge is 0.327 e. The summed E-state index contributed by atoms with van der Waals surface area (Å²) < 4.78 is 1.85. The molecule has 0 bridgehead atoms. The number of nitrogens with two attached hydrogens (primary N) is 1. The van der Waals surface area contributed by atoms with Gasteiger partial charge in [0.25, 0.3) is 0 Å². The Morgan fingerprint density at radius 2 is 2.28 bits per heavy atom. The van der Waals surface area contributed by atoms with Gasteiger partial charge in [-0.05, 0) is 19.1 Å². The van der Waals surface area contributed by atoms with Crippen molar-refractivity contribution in [3.63, 3.8) is 0 Å². The zero-order valence-corrected chi connectivity index (χ0v) is 10.2. The number of amides is 1. The van der Waals surface area contributed by atoms with E-state index >= 15 is 0 Å². The number of hydrogen-bond acceptors (Lipinski definition) is 3. The quantitative estimate of drug-likeness (QED) is 0.857. The van der Waals surface area contributed by atoms with Crippen molar-refractivity contribution < 1.29 is 4.79 Å². The fraction of sp³-hybridized carbons (Fsp3) is 0.231. The molecule has 94 valence electrons. The van der Waals surface area contributed by atoms with Crippen LogP contribution in [0.1, 0.15) is 13.3 Å². The molecule has 3 N–H and O–H groups in total. The van der Waals surface area contributed by atoms with Crippen molar-refractivity contribution in [2.75, 3.05) is 5.32 Å². The van der Waals surface area contributed by atoms with Gasteiger partial charge in [-0.1, -0.05) is 12.1 Å². The SMILES string of the molecule is CC(N)CC(=O)Nc1ccccc1-n1ccnc1. The second kappa shape index (κ2) is 5.46. The fourth-order valence-electron chi connectivity index (χ4n) is 1.70. The Hall–Kier alpha value is -2.14. The number of para-hydroxylation sites is 2. The van der Waals surface area contributed by atoms with Gasteiger partial charge in [0.15, 0.2) is 0 Å². The molecule has 0 saturated carbocycles. The summed E-state index contributed by atoms with van der Waals surface area (Å²) in [7, 11) is 0. The third kappa shape index (κ3) is 2.95. The maximum atomic E-state index is 11.7. The van der Waals surface area contributed by atoms with Crippen molar-refractivity contribution in [2.45, 2.75) is 19.4 Å². The van der Waals surface area contributed by atoms with Crippen LogP contribution in [0.25, 0.3) is 5.69 Å². The van der Waals surface area contributed by atoms with Gasteiger partial charge in [0.05, 0.1) is 17.7 Å². The molecule has 1 aromatic heterocycles. The summed E-state index contributed by atoms with van der Waals surface area (Å²) in [6.07, 6.45) is 5.52. The Morgan fingerprint density at radius 3 is 2.94 bits per heavy atom. The van der Waals surface area contributed by atoms with Crippen molar-refractivity contribution in [3.05, 3.63) is 43.0 Å². The number of aromatic nitrogens is 2. The van der Waals surface area contributed by atoms with Crippen LogP contribution in [0.5, 0.6) is 0 Å². The van der Waals surface area contributed by atoms with E-state index in [1.807, 2.05) is 35.0 Å². The van der Waals surface area contributed by atoms with E-state index in [0.29, 0.717) is 6.42 Å². The summed E-state index contributed by atoms with van der Waals surface area (Å²) >= 11 is 0. The van der Waals surface area contributed by atoms with Crippen LogP contribution in [-0.2, 0) is 4.79 Å². The molecule has 0 fully saturated rings. The van der Waals surface area contributed by atoms with E-state index in [0.717, 1.165) is 11.4 Å². The molecular formula is C13H16N4O. The summed E-state index contributed by atoms with van der Waals surface area (Å²) in [6, 6.07) is 7.42. The Bertz CT molecular complexity index is 520. The molecule has 1 atom stereocenters. The number of nitrogens with zero attached hydrogens (tertiary/aromatic N) is 2. The fourth-order valence-corrected chi connectivity index (χ4v) is 1.70. The molecule has 5 heteroatoms. The molecule has 2 aromatic rings. The number of anilines is 1. The van der Waals surface area contributed by atoms with Crippen LogP contribution in [0.2, 0.25) is 0 Å². The normalized spacial score (nSPS) is 12.1. The number of imidazole rings is 1. The number of carbonyl (C=O) groups excluding carboxylic acids is 1. The lowest BCUT2D eigenvalue weighted by atomic mass is 10.2. The highest BCUT2D eigenvalue weighted by Crippen LogP contribution is 2.19. The Kier molecular flexibility index (Phi) is 3.74. The number of nitrogens with one attached hydrogen (secondary N) is 1. The zero-order chi connectivity index (χ0) is 13.0. The van der Waals surface area contributed by atoms with Crippen molar-refractivity contribution in [1.29, 1.82) is 0 Å². The predicted octanol–water partition coefficient (Wildman–Crippen LogP) is 1.55. The average Bonchev–Trinajstić information content (AvgIpc) is 2.81. The van der Waals surface area contributed by atoms with Crippen molar-refractivity contribution in [3.8, 4) is 5.69 Å². The summed E-state index contributed by atoms with van der Waals surface area (Å²) in [4.78, 5) is 15.7.